The minimum absolute atomic E-state index is 0.0511. The fourth-order valence-electron chi connectivity index (χ4n) is 8.03. The topological polar surface area (TPSA) is 205 Å². The number of likely N-dealkylation sites (N-methyl/N-ethyl adjacent to an activating group) is 1. The summed E-state index contributed by atoms with van der Waals surface area (Å²) >= 11 is 2.83. The number of hydrogen-bond donors (Lipinski definition) is 5. The number of carbonyl (C=O) groups excluding carboxylic acids is 3. The molecular weight excluding hydrogens is 765 g/mol. The van der Waals surface area contributed by atoms with Crippen LogP contribution in [0, 0.1) is 23.7 Å². The van der Waals surface area contributed by atoms with Crippen molar-refractivity contribution in [3.05, 3.63) is 44.8 Å². The molecule has 2 aromatic heterocycles. The molecule has 0 bridgehead atoms. The molecule has 0 aromatic carbocycles. The number of amides is 1. The number of esters is 1. The van der Waals surface area contributed by atoms with E-state index < -0.39 is 95.8 Å². The zero-order chi connectivity index (χ0) is 41.7. The molecule has 2 aromatic rings. The van der Waals surface area contributed by atoms with Crippen LogP contribution in [0.25, 0.3) is 0 Å². The largest absolute Gasteiger partial charge is 0.459 e. The first-order valence-electron chi connectivity index (χ1n) is 19.3. The summed E-state index contributed by atoms with van der Waals surface area (Å²) in [5, 5.41) is 67.2. The molecule has 0 saturated carbocycles. The normalized spacial score (nSPS) is 38.4. The van der Waals surface area contributed by atoms with E-state index in [0.717, 1.165) is 9.75 Å². The van der Waals surface area contributed by atoms with E-state index in [0.29, 0.717) is 6.42 Å². The molecule has 1 amide bonds. The molecular formula is C40H60N2O12S2. The Hall–Kier alpha value is -2.80. The molecule has 0 radical (unpaired) electrons. The van der Waals surface area contributed by atoms with E-state index in [9.17, 15) is 39.9 Å². The number of thiophene rings is 2. The second kappa shape index (κ2) is 19.3. The van der Waals surface area contributed by atoms with E-state index in [1.54, 1.807) is 53.8 Å². The van der Waals surface area contributed by atoms with Gasteiger partial charge >= 0.3 is 11.9 Å². The van der Waals surface area contributed by atoms with Crippen molar-refractivity contribution >= 4 is 46.2 Å². The summed E-state index contributed by atoms with van der Waals surface area (Å²) in [4.78, 5) is 48.3. The summed E-state index contributed by atoms with van der Waals surface area (Å²) in [5.74, 6) is -5.65. The highest BCUT2D eigenvalue weighted by Crippen LogP contribution is 2.38. The number of rotatable bonds is 9. The van der Waals surface area contributed by atoms with E-state index in [4.69, 9.17) is 19.0 Å². The average molecular weight is 825 g/mol. The Labute approximate surface area is 337 Å². The molecule has 2 aliphatic heterocycles. The van der Waals surface area contributed by atoms with Gasteiger partial charge in [-0.25, -0.2) is 4.79 Å². The molecule has 5 N–H and O–H groups in total. The molecule has 314 valence electrons. The van der Waals surface area contributed by atoms with Crippen LogP contribution in [0.2, 0.25) is 0 Å². The first-order chi connectivity index (χ1) is 26.2. The van der Waals surface area contributed by atoms with E-state index in [1.807, 2.05) is 22.9 Å². The van der Waals surface area contributed by atoms with E-state index in [-0.39, 0.29) is 37.3 Å². The van der Waals surface area contributed by atoms with Gasteiger partial charge in [-0.2, -0.15) is 0 Å². The number of oxime groups is 1. The molecule has 2 saturated heterocycles. The number of aliphatic hydroxyl groups is 5. The number of carbonyl (C=O) groups is 3. The lowest BCUT2D eigenvalue weighted by atomic mass is 9.73. The Balaban J connectivity index is 1.72. The van der Waals surface area contributed by atoms with Gasteiger partial charge in [0.2, 0.25) is 5.91 Å². The summed E-state index contributed by atoms with van der Waals surface area (Å²) < 4.78 is 18.4. The van der Waals surface area contributed by atoms with Crippen LogP contribution in [0.3, 0.4) is 0 Å². The van der Waals surface area contributed by atoms with Crippen molar-refractivity contribution in [3.63, 3.8) is 0 Å². The average Bonchev–Trinajstić information content (AvgIpc) is 3.86. The minimum atomic E-state index is -2.01. The second-order valence-corrected chi connectivity index (χ2v) is 18.1. The van der Waals surface area contributed by atoms with Gasteiger partial charge in [-0.15, -0.1) is 22.7 Å². The van der Waals surface area contributed by atoms with Gasteiger partial charge in [0.25, 0.3) is 0 Å². The van der Waals surface area contributed by atoms with Crippen LogP contribution < -0.4 is 0 Å². The second-order valence-electron chi connectivity index (χ2n) is 16.1. The van der Waals surface area contributed by atoms with Gasteiger partial charge in [0.15, 0.2) is 6.29 Å². The van der Waals surface area contributed by atoms with Gasteiger partial charge in [-0.05, 0) is 69.9 Å². The number of cyclic esters (lactones) is 1. The summed E-state index contributed by atoms with van der Waals surface area (Å²) in [7, 11) is 1.61. The lowest BCUT2D eigenvalue weighted by molar-refractivity contribution is -0.298. The highest BCUT2D eigenvalue weighted by atomic mass is 32.1. The highest BCUT2D eigenvalue weighted by Gasteiger charge is 2.51. The van der Waals surface area contributed by atoms with Gasteiger partial charge < -0.3 is 49.5 Å². The van der Waals surface area contributed by atoms with Crippen molar-refractivity contribution in [2.45, 2.75) is 148 Å². The molecule has 16 heteroatoms. The Bertz CT molecular complexity index is 1620. The Morgan fingerprint density at radius 1 is 0.964 bits per heavy atom. The fraction of sp³-hybridized carbons (Fsp3) is 0.700. The summed E-state index contributed by atoms with van der Waals surface area (Å²) in [6.07, 6.45) is -8.43. The third-order valence-electron chi connectivity index (χ3n) is 11.4. The predicted molar refractivity (Wildman–Crippen MR) is 211 cm³/mol. The van der Waals surface area contributed by atoms with Crippen molar-refractivity contribution in [2.24, 2.45) is 28.8 Å². The van der Waals surface area contributed by atoms with Crippen LogP contribution >= 0.6 is 22.7 Å². The van der Waals surface area contributed by atoms with Crippen LogP contribution in [0.4, 0.5) is 0 Å². The summed E-state index contributed by atoms with van der Waals surface area (Å²) in [5.41, 5.74) is -3.75. The maximum Gasteiger partial charge on any atom is 0.340 e. The van der Waals surface area contributed by atoms with E-state index in [2.05, 4.69) is 5.16 Å². The minimum Gasteiger partial charge on any atom is -0.459 e. The molecule has 0 unspecified atom stereocenters. The Morgan fingerprint density at radius 3 is 2.14 bits per heavy atom. The van der Waals surface area contributed by atoms with Gasteiger partial charge in [-0.3, -0.25) is 9.59 Å². The molecule has 14 atom stereocenters. The smallest absolute Gasteiger partial charge is 0.340 e. The fourth-order valence-corrected chi connectivity index (χ4v) is 9.41. The van der Waals surface area contributed by atoms with Crippen molar-refractivity contribution < 1.29 is 59.0 Å². The standard InChI is InChI=1S/C40H60N2O12S2/c1-10-29-40(8,50)35(47)23(4)32(41-54-31(44)19-27-14-12-16-56-27)21(2)20-39(7,49)36(24(5)33(45)25(6)37(48)52-29)53-38-34(46)28(17-22(3)51-38)42(9)30(43)18-26-13-11-15-55-26/h11-16,21-25,28-29,33-36,38,45-47,49-50H,10,17-20H2,1-9H3/b41-32+/t21-,22-,23+,24+,25-,28+,29-,33+,34-,35-,36-,38+,39-,40-/m1/s1. The van der Waals surface area contributed by atoms with E-state index in [1.165, 1.54) is 48.3 Å². The zero-order valence-corrected chi connectivity index (χ0v) is 35.4. The monoisotopic (exact) mass is 824 g/mol. The predicted octanol–water partition coefficient (Wildman–Crippen LogP) is 3.70. The third-order valence-corrected chi connectivity index (χ3v) is 13.2. The molecule has 4 heterocycles. The van der Waals surface area contributed by atoms with Gasteiger partial charge in [-0.1, -0.05) is 45.0 Å². The van der Waals surface area contributed by atoms with Gasteiger partial charge in [0, 0.05) is 34.6 Å². The number of ether oxygens (including phenoxy) is 3. The van der Waals surface area contributed by atoms with Gasteiger partial charge in [0.05, 0.1) is 60.5 Å². The molecule has 2 aliphatic rings. The zero-order valence-electron chi connectivity index (χ0n) is 33.7. The Kier molecular flexibility index (Phi) is 15.8. The van der Waals surface area contributed by atoms with E-state index >= 15 is 0 Å². The van der Waals surface area contributed by atoms with Crippen LogP contribution in [-0.4, -0.2) is 121 Å². The van der Waals surface area contributed by atoms with Crippen LogP contribution in [0.5, 0.6) is 0 Å². The van der Waals surface area contributed by atoms with Crippen molar-refractivity contribution in [1.29, 1.82) is 0 Å². The number of hydrogen-bond acceptors (Lipinski definition) is 15. The lowest BCUT2D eigenvalue weighted by Crippen LogP contribution is -2.60. The van der Waals surface area contributed by atoms with Gasteiger partial charge in [0.1, 0.15) is 17.8 Å². The third kappa shape index (κ3) is 10.8. The van der Waals surface area contributed by atoms with Crippen molar-refractivity contribution in [1.82, 2.24) is 4.90 Å². The highest BCUT2D eigenvalue weighted by molar-refractivity contribution is 7.10. The van der Waals surface area contributed by atoms with Crippen molar-refractivity contribution in [2.75, 3.05) is 7.05 Å². The molecule has 2 fully saturated rings. The van der Waals surface area contributed by atoms with Crippen molar-refractivity contribution in [3.8, 4) is 0 Å². The molecule has 56 heavy (non-hydrogen) atoms. The first kappa shape index (κ1) is 45.9. The number of nitrogens with zero attached hydrogens (tertiary/aromatic N) is 2. The van der Waals surface area contributed by atoms with Crippen LogP contribution in [0.15, 0.2) is 40.2 Å². The molecule has 0 spiro atoms. The first-order valence-corrected chi connectivity index (χ1v) is 21.0. The number of aliphatic hydroxyl groups excluding tert-OH is 3. The lowest BCUT2D eigenvalue weighted by Gasteiger charge is -2.47. The molecule has 4 rings (SSSR count). The summed E-state index contributed by atoms with van der Waals surface area (Å²) in [6, 6.07) is 6.60. The maximum atomic E-state index is 13.6. The quantitative estimate of drug-likeness (QED) is 0.140. The summed E-state index contributed by atoms with van der Waals surface area (Å²) in [6.45, 7) is 12.6. The SMILES string of the molecule is CC[C@H]1OC(=O)[C@H](C)[C@@H](O)[C@H](C)[C@@H](O[C@@H]2O[C@H](C)C[C@H](N(C)C(=O)Cc3cccs3)[C@H]2O)[C@](C)(O)C[C@@H](C)/C(=N\OC(=O)Cc2cccs2)[C@H](C)[C@@H](O)[C@]1(C)O. The Morgan fingerprint density at radius 2 is 1.57 bits per heavy atom. The molecule has 14 nitrogen and oxygen atoms in total. The van der Waals surface area contributed by atoms with Crippen LogP contribution in [-0.2, 0) is 46.3 Å². The van der Waals surface area contributed by atoms with Crippen LogP contribution in [0.1, 0.15) is 84.4 Å². The maximum absolute atomic E-state index is 13.6. The molecule has 0 aliphatic carbocycles.